The van der Waals surface area contributed by atoms with Gasteiger partial charge in [-0.15, -0.1) is 0 Å². The van der Waals surface area contributed by atoms with Gasteiger partial charge in [0.05, 0.1) is 50.0 Å². The van der Waals surface area contributed by atoms with Crippen molar-refractivity contribution < 1.29 is 26.7 Å². The molecule has 1 unspecified atom stereocenters. The molecule has 222 valence electrons. The van der Waals surface area contributed by atoms with Crippen LogP contribution in [0.25, 0.3) is 33.4 Å². The third-order valence-electron chi connectivity index (χ3n) is 6.86. The van der Waals surface area contributed by atoms with Crippen molar-refractivity contribution in [2.45, 2.75) is 19.4 Å². The Bertz CT molecular complexity index is 1690. The van der Waals surface area contributed by atoms with Crippen LogP contribution in [0.2, 0.25) is 0 Å². The normalized spacial score (nSPS) is 15.5. The number of hydrogen-bond donors (Lipinski definition) is 2. The average molecular weight is 600 g/mol. The Kier molecular flexibility index (Phi) is 8.64. The van der Waals surface area contributed by atoms with Gasteiger partial charge in [-0.25, -0.2) is 32.7 Å². The van der Waals surface area contributed by atoms with Crippen LogP contribution in [0.3, 0.4) is 0 Å². The van der Waals surface area contributed by atoms with Gasteiger partial charge in [0.25, 0.3) is 0 Å². The van der Waals surface area contributed by atoms with Crippen LogP contribution in [-0.4, -0.2) is 80.7 Å². The summed E-state index contributed by atoms with van der Waals surface area (Å²) >= 11 is 0. The SMILES string of the molecule is CNc1ncc(-c2nc(N3CCOCC3C)c3cc(-c4cccc(NS(=O)(=O)CCCF)c4F)cc(OC)c3n2)cn1. The number of benzene rings is 2. The summed E-state index contributed by atoms with van der Waals surface area (Å²) in [7, 11) is -0.718. The molecule has 5 rings (SSSR count). The van der Waals surface area contributed by atoms with E-state index in [2.05, 4.69) is 24.9 Å². The van der Waals surface area contributed by atoms with E-state index in [-0.39, 0.29) is 23.7 Å². The lowest BCUT2D eigenvalue weighted by Crippen LogP contribution is -2.44. The summed E-state index contributed by atoms with van der Waals surface area (Å²) < 4.78 is 66.7. The molecule has 42 heavy (non-hydrogen) atoms. The number of nitrogens with zero attached hydrogens (tertiary/aromatic N) is 5. The van der Waals surface area contributed by atoms with Crippen LogP contribution < -0.4 is 19.7 Å². The minimum Gasteiger partial charge on any atom is -0.494 e. The second-order valence-corrected chi connectivity index (χ2v) is 11.6. The highest BCUT2D eigenvalue weighted by atomic mass is 32.2. The summed E-state index contributed by atoms with van der Waals surface area (Å²) in [4.78, 5) is 20.4. The zero-order valence-corrected chi connectivity index (χ0v) is 24.2. The van der Waals surface area contributed by atoms with E-state index in [9.17, 15) is 12.8 Å². The fourth-order valence-electron chi connectivity index (χ4n) is 4.76. The highest BCUT2D eigenvalue weighted by Gasteiger charge is 2.26. The van der Waals surface area contributed by atoms with E-state index >= 15 is 4.39 Å². The number of nitrogens with one attached hydrogen (secondary N) is 2. The molecule has 0 saturated carbocycles. The molecule has 2 N–H and O–H groups in total. The van der Waals surface area contributed by atoms with Crippen LogP contribution in [0.1, 0.15) is 13.3 Å². The van der Waals surface area contributed by atoms with E-state index in [0.717, 1.165) is 0 Å². The maximum Gasteiger partial charge on any atom is 0.232 e. The second-order valence-electron chi connectivity index (χ2n) is 9.74. The molecule has 1 fully saturated rings. The molecule has 1 atom stereocenters. The number of ether oxygens (including phenoxy) is 2. The average Bonchev–Trinajstić information content (AvgIpc) is 3.00. The van der Waals surface area contributed by atoms with Crippen molar-refractivity contribution in [3.8, 4) is 28.3 Å². The van der Waals surface area contributed by atoms with Gasteiger partial charge in [-0.05, 0) is 37.1 Å². The van der Waals surface area contributed by atoms with E-state index in [1.165, 1.54) is 13.2 Å². The molecule has 0 radical (unpaired) electrons. The molecule has 1 saturated heterocycles. The maximum absolute atomic E-state index is 15.8. The monoisotopic (exact) mass is 599 g/mol. The number of halogens is 2. The Balaban J connectivity index is 1.68. The number of morpholine rings is 1. The van der Waals surface area contributed by atoms with Gasteiger partial charge in [0.1, 0.15) is 17.1 Å². The van der Waals surface area contributed by atoms with Gasteiger partial charge in [0, 0.05) is 36.9 Å². The maximum atomic E-state index is 15.8. The standard InChI is InChI=1S/C28H31F2N7O4S/c1-17-16-41-10-9-37(17)27-21-12-18(20-6-4-7-22(24(20)30)36-42(38,39)11-5-8-29)13-23(40-3)25(21)34-26(35-27)19-14-32-28(31-2)33-15-19/h4,6-7,12-15,17,36H,5,8-11,16H2,1-3H3,(H,31,32,33). The van der Waals surface area contributed by atoms with Crippen LogP contribution in [0.4, 0.5) is 26.2 Å². The molecule has 14 heteroatoms. The number of rotatable bonds is 10. The molecule has 0 bridgehead atoms. The summed E-state index contributed by atoms with van der Waals surface area (Å²) in [5.41, 5.74) is 1.44. The number of methoxy groups -OCH3 is 1. The van der Waals surface area contributed by atoms with Crippen LogP contribution in [0.15, 0.2) is 42.7 Å². The Morgan fingerprint density at radius 3 is 2.64 bits per heavy atom. The lowest BCUT2D eigenvalue weighted by Gasteiger charge is -2.35. The summed E-state index contributed by atoms with van der Waals surface area (Å²) in [5, 5.41) is 3.50. The lowest BCUT2D eigenvalue weighted by molar-refractivity contribution is 0.0987. The Morgan fingerprint density at radius 1 is 1.17 bits per heavy atom. The fourth-order valence-corrected chi connectivity index (χ4v) is 5.84. The molecule has 4 aromatic rings. The molecule has 0 amide bonds. The van der Waals surface area contributed by atoms with E-state index in [1.807, 2.05) is 6.92 Å². The minimum atomic E-state index is -3.94. The van der Waals surface area contributed by atoms with Gasteiger partial charge in [-0.3, -0.25) is 9.11 Å². The van der Waals surface area contributed by atoms with Gasteiger partial charge < -0.3 is 19.7 Å². The molecule has 11 nitrogen and oxygen atoms in total. The number of anilines is 3. The predicted molar refractivity (Wildman–Crippen MR) is 158 cm³/mol. The molecular formula is C28H31F2N7O4S. The van der Waals surface area contributed by atoms with Crippen molar-refractivity contribution in [2.24, 2.45) is 0 Å². The smallest absolute Gasteiger partial charge is 0.232 e. The Labute approximate surface area is 242 Å². The van der Waals surface area contributed by atoms with Crippen molar-refractivity contribution in [1.29, 1.82) is 0 Å². The van der Waals surface area contributed by atoms with Crippen LogP contribution in [0, 0.1) is 5.82 Å². The van der Waals surface area contributed by atoms with E-state index in [0.29, 0.717) is 65.1 Å². The summed E-state index contributed by atoms with van der Waals surface area (Å²) in [6, 6.07) is 7.80. The first-order valence-corrected chi connectivity index (χ1v) is 15.0. The third-order valence-corrected chi connectivity index (χ3v) is 8.22. The minimum absolute atomic E-state index is 0.0129. The number of alkyl halides is 1. The van der Waals surface area contributed by atoms with Gasteiger partial charge in [-0.2, -0.15) is 0 Å². The quantitative estimate of drug-likeness (QED) is 0.272. The zero-order valence-electron chi connectivity index (χ0n) is 23.4. The Hall–Kier alpha value is -4.17. The number of aromatic nitrogens is 4. The van der Waals surface area contributed by atoms with Crippen molar-refractivity contribution in [2.75, 3.05) is 61.3 Å². The Morgan fingerprint density at radius 2 is 1.95 bits per heavy atom. The third kappa shape index (κ3) is 6.04. The van der Waals surface area contributed by atoms with E-state index in [1.54, 1.807) is 43.7 Å². The molecule has 2 aromatic carbocycles. The summed E-state index contributed by atoms with van der Waals surface area (Å²) in [5.74, 6) is 0.587. The summed E-state index contributed by atoms with van der Waals surface area (Å²) in [6.07, 6.45) is 3.07. The first-order chi connectivity index (χ1) is 20.2. The number of hydrogen-bond acceptors (Lipinski definition) is 10. The number of fused-ring (bicyclic) bond motifs is 1. The van der Waals surface area contributed by atoms with Crippen LogP contribution >= 0.6 is 0 Å². The molecule has 1 aliphatic rings. The molecule has 2 aromatic heterocycles. The van der Waals surface area contributed by atoms with Crippen molar-refractivity contribution in [1.82, 2.24) is 19.9 Å². The van der Waals surface area contributed by atoms with Gasteiger partial charge in [0.2, 0.25) is 16.0 Å². The zero-order chi connectivity index (χ0) is 29.9. The second kappa shape index (κ2) is 12.4. The highest BCUT2D eigenvalue weighted by Crippen LogP contribution is 2.39. The van der Waals surface area contributed by atoms with Crippen LogP contribution in [0.5, 0.6) is 5.75 Å². The van der Waals surface area contributed by atoms with Gasteiger partial charge in [-0.1, -0.05) is 12.1 Å². The number of sulfonamides is 1. The fraction of sp³-hybridized carbons (Fsp3) is 0.357. The molecule has 0 aliphatic carbocycles. The van der Waals surface area contributed by atoms with Gasteiger partial charge in [0.15, 0.2) is 11.6 Å². The first kappa shape index (κ1) is 29.3. The largest absolute Gasteiger partial charge is 0.494 e. The molecule has 3 heterocycles. The predicted octanol–water partition coefficient (Wildman–Crippen LogP) is 4.27. The van der Waals surface area contributed by atoms with Crippen molar-refractivity contribution in [3.05, 3.63) is 48.5 Å². The van der Waals surface area contributed by atoms with Crippen molar-refractivity contribution in [3.63, 3.8) is 0 Å². The van der Waals surface area contributed by atoms with Gasteiger partial charge >= 0.3 is 0 Å². The first-order valence-electron chi connectivity index (χ1n) is 13.3. The van der Waals surface area contributed by atoms with Crippen molar-refractivity contribution >= 4 is 38.4 Å². The van der Waals surface area contributed by atoms with E-state index < -0.39 is 28.3 Å². The molecular weight excluding hydrogens is 568 g/mol. The molecule has 1 aliphatic heterocycles. The molecule has 0 spiro atoms. The summed E-state index contributed by atoms with van der Waals surface area (Å²) in [6.45, 7) is 2.80. The topological polar surface area (TPSA) is 131 Å². The van der Waals surface area contributed by atoms with E-state index in [4.69, 9.17) is 19.4 Å². The lowest BCUT2D eigenvalue weighted by atomic mass is 10.0. The van der Waals surface area contributed by atoms with Crippen LogP contribution in [-0.2, 0) is 14.8 Å². The highest BCUT2D eigenvalue weighted by molar-refractivity contribution is 7.92.